The van der Waals surface area contributed by atoms with Crippen molar-refractivity contribution in [2.45, 2.75) is 46.1 Å². The summed E-state index contributed by atoms with van der Waals surface area (Å²) in [6.07, 6.45) is 2.75. The van der Waals surface area contributed by atoms with E-state index in [-0.39, 0.29) is 29.9 Å². The van der Waals surface area contributed by atoms with Crippen LogP contribution in [0.4, 0.5) is 10.5 Å². The van der Waals surface area contributed by atoms with Gasteiger partial charge < -0.3 is 20.3 Å². The Bertz CT molecular complexity index is 1080. The normalized spacial score (nSPS) is 12.9. The molecule has 3 rings (SSSR count). The van der Waals surface area contributed by atoms with Crippen molar-refractivity contribution in [2.75, 3.05) is 11.9 Å². The first-order valence-electron chi connectivity index (χ1n) is 10.6. The lowest BCUT2D eigenvalue weighted by Crippen LogP contribution is -2.36. The number of rotatable bonds is 7. The summed E-state index contributed by atoms with van der Waals surface area (Å²) in [5.41, 5.74) is 3.19. The van der Waals surface area contributed by atoms with Gasteiger partial charge in [-0.3, -0.25) is 15.0 Å². The minimum Gasteiger partial charge on any atom is -0.465 e. The van der Waals surface area contributed by atoms with Crippen LogP contribution < -0.4 is 10.6 Å². The molecule has 0 radical (unpaired) electrons. The number of amidine groups is 1. The van der Waals surface area contributed by atoms with E-state index in [0.717, 1.165) is 23.3 Å². The van der Waals surface area contributed by atoms with E-state index in [1.807, 2.05) is 13.0 Å². The van der Waals surface area contributed by atoms with Crippen LogP contribution in [0.1, 0.15) is 63.7 Å². The van der Waals surface area contributed by atoms with Gasteiger partial charge in [-0.25, -0.2) is 9.69 Å². The Morgan fingerprint density at radius 3 is 2.53 bits per heavy atom. The van der Waals surface area contributed by atoms with E-state index in [4.69, 9.17) is 5.41 Å². The molecule has 4 N–H and O–H groups in total. The van der Waals surface area contributed by atoms with Gasteiger partial charge in [-0.15, -0.1) is 0 Å². The first kappa shape index (κ1) is 23.1. The van der Waals surface area contributed by atoms with E-state index in [1.165, 1.54) is 0 Å². The number of aryl methyl sites for hydroxylation is 2. The molecule has 9 heteroatoms. The first-order valence-corrected chi connectivity index (χ1v) is 10.6. The van der Waals surface area contributed by atoms with Crippen LogP contribution in [0.15, 0.2) is 24.4 Å². The molecule has 0 saturated heterocycles. The molecular weight excluding hydrogens is 410 g/mol. The van der Waals surface area contributed by atoms with Crippen LogP contribution in [-0.2, 0) is 7.05 Å². The van der Waals surface area contributed by atoms with Gasteiger partial charge in [0.2, 0.25) is 0 Å². The molecule has 0 unspecified atom stereocenters. The molecule has 1 fully saturated rings. The highest BCUT2D eigenvalue weighted by atomic mass is 16.4. The number of nitrogens with zero attached hydrogens (tertiary/aromatic N) is 2. The summed E-state index contributed by atoms with van der Waals surface area (Å²) < 4.78 is 1.63. The Kier molecular flexibility index (Phi) is 6.67. The lowest BCUT2D eigenvalue weighted by molar-refractivity contribution is 0.0741. The summed E-state index contributed by atoms with van der Waals surface area (Å²) in [5, 5.41) is 24.0. The zero-order valence-electron chi connectivity index (χ0n) is 18.8. The molecule has 170 valence electrons. The number of nitrogens with one attached hydrogen (secondary N) is 3. The van der Waals surface area contributed by atoms with Crippen molar-refractivity contribution in [1.82, 2.24) is 14.8 Å². The predicted molar refractivity (Wildman–Crippen MR) is 122 cm³/mol. The van der Waals surface area contributed by atoms with Crippen LogP contribution in [0.25, 0.3) is 0 Å². The summed E-state index contributed by atoms with van der Waals surface area (Å²) in [4.78, 5) is 37.5. The molecule has 0 bridgehead atoms. The third-order valence-electron chi connectivity index (χ3n) is 5.50. The molecule has 32 heavy (non-hydrogen) atoms. The monoisotopic (exact) mass is 439 g/mol. The van der Waals surface area contributed by atoms with Gasteiger partial charge in [0.1, 0.15) is 5.84 Å². The van der Waals surface area contributed by atoms with Gasteiger partial charge in [0, 0.05) is 37.1 Å². The van der Waals surface area contributed by atoms with Gasteiger partial charge in [0.05, 0.1) is 11.3 Å². The quantitative estimate of drug-likeness (QED) is 0.388. The van der Waals surface area contributed by atoms with Crippen molar-refractivity contribution in [3.8, 4) is 0 Å². The number of aromatic nitrogens is 1. The van der Waals surface area contributed by atoms with E-state index in [9.17, 15) is 19.5 Å². The van der Waals surface area contributed by atoms with Gasteiger partial charge in [0.15, 0.2) is 0 Å². The molecule has 1 heterocycles. The second kappa shape index (κ2) is 9.25. The van der Waals surface area contributed by atoms with Crippen LogP contribution in [0.3, 0.4) is 0 Å². The summed E-state index contributed by atoms with van der Waals surface area (Å²) in [7, 11) is 1.70. The minimum atomic E-state index is -1.30. The molecule has 1 saturated carbocycles. The Morgan fingerprint density at radius 1 is 1.25 bits per heavy atom. The molecule has 2 aromatic rings. The van der Waals surface area contributed by atoms with Gasteiger partial charge >= 0.3 is 6.09 Å². The SMILES string of the molecule is CCCN(C(=O)O)C(=O)c1cn(C)c(C(=N)Nc2cc(C(=O)NC3CC3)ccc2C)c1C. The second-order valence-corrected chi connectivity index (χ2v) is 8.14. The summed E-state index contributed by atoms with van der Waals surface area (Å²) in [6.45, 7) is 5.47. The fourth-order valence-corrected chi connectivity index (χ4v) is 3.57. The van der Waals surface area contributed by atoms with E-state index < -0.39 is 12.0 Å². The fraction of sp³-hybridized carbons (Fsp3) is 0.391. The highest BCUT2D eigenvalue weighted by molar-refractivity contribution is 6.10. The van der Waals surface area contributed by atoms with Gasteiger partial charge in [-0.05, 0) is 56.4 Å². The Morgan fingerprint density at radius 2 is 1.94 bits per heavy atom. The number of anilines is 1. The predicted octanol–water partition coefficient (Wildman–Crippen LogP) is 3.50. The van der Waals surface area contributed by atoms with Crippen molar-refractivity contribution < 1.29 is 19.5 Å². The zero-order chi connectivity index (χ0) is 23.6. The van der Waals surface area contributed by atoms with E-state index in [0.29, 0.717) is 28.9 Å². The number of amides is 3. The number of carboxylic acid groups (broad SMARTS) is 1. The highest BCUT2D eigenvalue weighted by Gasteiger charge is 2.27. The highest BCUT2D eigenvalue weighted by Crippen LogP contribution is 2.23. The van der Waals surface area contributed by atoms with Gasteiger partial charge in [-0.2, -0.15) is 0 Å². The lowest BCUT2D eigenvalue weighted by atomic mass is 10.1. The first-order chi connectivity index (χ1) is 15.1. The number of hydrogen-bond acceptors (Lipinski definition) is 4. The third kappa shape index (κ3) is 4.82. The molecule has 1 aliphatic rings. The molecular formula is C23H29N5O4. The third-order valence-corrected chi connectivity index (χ3v) is 5.50. The van der Waals surface area contributed by atoms with Crippen LogP contribution in [0, 0.1) is 19.3 Å². The van der Waals surface area contributed by atoms with E-state index in [2.05, 4.69) is 10.6 Å². The summed E-state index contributed by atoms with van der Waals surface area (Å²) in [5.74, 6) is -0.708. The number of carbonyl (C=O) groups excluding carboxylic acids is 2. The van der Waals surface area contributed by atoms with Crippen molar-refractivity contribution >= 4 is 29.4 Å². The maximum Gasteiger partial charge on any atom is 0.414 e. The van der Waals surface area contributed by atoms with Crippen molar-refractivity contribution in [1.29, 1.82) is 5.41 Å². The Balaban J connectivity index is 1.85. The second-order valence-electron chi connectivity index (χ2n) is 8.14. The minimum absolute atomic E-state index is 0.0456. The van der Waals surface area contributed by atoms with Crippen LogP contribution in [-0.4, -0.2) is 50.9 Å². The maximum absolute atomic E-state index is 12.8. The molecule has 3 amide bonds. The zero-order valence-corrected chi connectivity index (χ0v) is 18.8. The number of hydrogen-bond donors (Lipinski definition) is 4. The van der Waals surface area contributed by atoms with Crippen molar-refractivity contribution in [3.05, 3.63) is 52.3 Å². The number of benzene rings is 1. The van der Waals surface area contributed by atoms with Crippen LogP contribution in [0.2, 0.25) is 0 Å². The topological polar surface area (TPSA) is 128 Å². The standard InChI is InChI=1S/C23H29N5O4/c1-5-10-28(23(31)32)22(30)17-12-27(4)19(14(17)3)20(24)26-18-11-15(7-6-13(18)2)21(29)25-16-8-9-16/h6-7,11-12,16H,5,8-10H2,1-4H3,(H2,24,26)(H,25,29)(H,31,32). The molecule has 1 aromatic carbocycles. The lowest BCUT2D eigenvalue weighted by Gasteiger charge is -2.16. The maximum atomic E-state index is 12.8. The average Bonchev–Trinajstić information content (AvgIpc) is 3.49. The van der Waals surface area contributed by atoms with Crippen molar-refractivity contribution in [3.63, 3.8) is 0 Å². The molecule has 0 atom stereocenters. The Labute approximate surface area is 186 Å². The molecule has 1 aromatic heterocycles. The van der Waals surface area contributed by atoms with Gasteiger partial charge in [0.25, 0.3) is 11.8 Å². The molecule has 1 aliphatic carbocycles. The largest absolute Gasteiger partial charge is 0.465 e. The van der Waals surface area contributed by atoms with E-state index >= 15 is 0 Å². The molecule has 0 spiro atoms. The fourth-order valence-electron chi connectivity index (χ4n) is 3.57. The van der Waals surface area contributed by atoms with Crippen LogP contribution in [0.5, 0.6) is 0 Å². The number of imide groups is 1. The Hall–Kier alpha value is -3.62. The van der Waals surface area contributed by atoms with Crippen LogP contribution >= 0.6 is 0 Å². The number of carbonyl (C=O) groups is 3. The summed E-state index contributed by atoms with van der Waals surface area (Å²) in [6, 6.07) is 5.53. The smallest absolute Gasteiger partial charge is 0.414 e. The summed E-state index contributed by atoms with van der Waals surface area (Å²) >= 11 is 0. The molecule has 0 aliphatic heterocycles. The van der Waals surface area contributed by atoms with Crippen molar-refractivity contribution in [2.24, 2.45) is 7.05 Å². The van der Waals surface area contributed by atoms with E-state index in [1.54, 1.807) is 43.8 Å². The van der Waals surface area contributed by atoms with Gasteiger partial charge in [-0.1, -0.05) is 13.0 Å². The molecule has 9 nitrogen and oxygen atoms in total. The average molecular weight is 440 g/mol.